The number of hydrogen-bond acceptors (Lipinski definition) is 8. The van der Waals surface area contributed by atoms with E-state index in [0.717, 1.165) is 34.2 Å². The second kappa shape index (κ2) is 10.5. The number of phosphoric acid groups is 1. The Kier molecular flexibility index (Phi) is 9.55. The third kappa shape index (κ3) is 6.49. The zero-order chi connectivity index (χ0) is 18.8. The topological polar surface area (TPSA) is 134 Å². The number of halogens is 2. The minimum absolute atomic E-state index is 0. The quantitative estimate of drug-likeness (QED) is 0.267. The van der Waals surface area contributed by atoms with Gasteiger partial charge in [0, 0.05) is 11.6 Å². The van der Waals surface area contributed by atoms with Gasteiger partial charge in [0.15, 0.2) is 0 Å². The predicted molar refractivity (Wildman–Crippen MR) is 76.8 cm³/mol. The van der Waals surface area contributed by atoms with Crippen molar-refractivity contribution in [3.8, 4) is 0 Å². The summed E-state index contributed by atoms with van der Waals surface area (Å²) >= 11 is 0. The van der Waals surface area contributed by atoms with E-state index in [0.29, 0.717) is 6.07 Å². The Balaban J connectivity index is 0.00000196. The van der Waals surface area contributed by atoms with Crippen molar-refractivity contribution in [1.29, 1.82) is 0 Å². The third-order valence-corrected chi connectivity index (χ3v) is 4.05. The Morgan fingerprint density at radius 2 is 1.57 bits per heavy atom. The zero-order valence-corrected chi connectivity index (χ0v) is 19.9. The van der Waals surface area contributed by atoms with Gasteiger partial charge in [0.1, 0.15) is 42.5 Å². The van der Waals surface area contributed by atoms with Crippen molar-refractivity contribution >= 4 is 7.82 Å². The van der Waals surface area contributed by atoms with Gasteiger partial charge in [-0.15, -0.1) is 0 Å². The van der Waals surface area contributed by atoms with Crippen molar-refractivity contribution < 1.29 is 86.8 Å². The monoisotopic (exact) mass is 430 g/mol. The molecule has 0 fully saturated rings. The molecule has 3 aromatic rings. The molecule has 10 nitrogen and oxygen atoms in total. The summed E-state index contributed by atoms with van der Waals surface area (Å²) < 4.78 is 46.3. The fourth-order valence-corrected chi connectivity index (χ4v) is 3.19. The molecule has 0 N–H and O–H groups in total. The summed E-state index contributed by atoms with van der Waals surface area (Å²) in [5.74, 6) is -1.98. The van der Waals surface area contributed by atoms with E-state index in [2.05, 4.69) is 20.2 Å². The van der Waals surface area contributed by atoms with E-state index < -0.39 is 38.1 Å². The molecule has 15 heteroatoms. The molecule has 138 valence electrons. The summed E-state index contributed by atoms with van der Waals surface area (Å²) in [5.41, 5.74) is -2.46. The van der Waals surface area contributed by atoms with E-state index in [1.165, 1.54) is 12.7 Å². The standard InChI is InChI=1S/C13H13F2N6O4P.2Na/c14-10-1-2-11(12(15)3-10)13(25-26(22,23)24,4-20-8-16-6-18-20)5-21-9-17-7-19-21;;/h1-3,6-9H,4-5H2,(H2,22,23,24);;/q;2*+1/p-2. The first kappa shape index (κ1) is 25.5. The largest absolute Gasteiger partial charge is 1.00 e. The fraction of sp³-hybridized carbons (Fsp3) is 0.231. The Hall–Kier alpha value is -0.530. The molecule has 0 saturated carbocycles. The Morgan fingerprint density at radius 1 is 1.04 bits per heavy atom. The van der Waals surface area contributed by atoms with Crippen molar-refractivity contribution in [1.82, 2.24) is 29.5 Å². The summed E-state index contributed by atoms with van der Waals surface area (Å²) in [6, 6.07) is 2.46. The van der Waals surface area contributed by atoms with E-state index in [9.17, 15) is 23.1 Å². The van der Waals surface area contributed by atoms with Gasteiger partial charge in [-0.05, 0) is 6.07 Å². The van der Waals surface area contributed by atoms with Crippen LogP contribution in [0.5, 0.6) is 0 Å². The van der Waals surface area contributed by atoms with Gasteiger partial charge >= 0.3 is 59.1 Å². The molecule has 0 spiro atoms. The molecule has 0 aliphatic carbocycles. The molecule has 0 unspecified atom stereocenters. The molecule has 2 aromatic heterocycles. The first-order valence-corrected chi connectivity index (χ1v) is 8.57. The Morgan fingerprint density at radius 3 is 1.96 bits per heavy atom. The van der Waals surface area contributed by atoms with Gasteiger partial charge in [0.2, 0.25) is 0 Å². The number of aromatic nitrogens is 6. The average Bonchev–Trinajstić information content (AvgIpc) is 3.19. The van der Waals surface area contributed by atoms with E-state index in [1.807, 2.05) is 0 Å². The zero-order valence-electron chi connectivity index (χ0n) is 15.0. The normalized spacial score (nSPS) is 11.6. The van der Waals surface area contributed by atoms with Crippen LogP contribution in [0.4, 0.5) is 8.78 Å². The SMILES string of the molecule is O=P([O-])([O-])OC(Cn1cncn1)(Cn1cncn1)c1ccc(F)cc1F.[Na+].[Na+]. The molecule has 0 amide bonds. The van der Waals surface area contributed by atoms with Crippen molar-refractivity contribution in [3.05, 3.63) is 60.7 Å². The number of hydrogen-bond donors (Lipinski definition) is 0. The molecule has 28 heavy (non-hydrogen) atoms. The van der Waals surface area contributed by atoms with Crippen molar-refractivity contribution in [3.63, 3.8) is 0 Å². The van der Waals surface area contributed by atoms with Gasteiger partial charge < -0.3 is 18.9 Å². The summed E-state index contributed by atoms with van der Waals surface area (Å²) in [4.78, 5) is 30.3. The molecule has 2 heterocycles. The first-order chi connectivity index (χ1) is 12.3. The second-order valence-corrected chi connectivity index (χ2v) is 6.42. The number of benzene rings is 1. The van der Waals surface area contributed by atoms with Crippen LogP contribution in [0.2, 0.25) is 0 Å². The summed E-state index contributed by atoms with van der Waals surface area (Å²) in [6.45, 7) is -0.826. The van der Waals surface area contributed by atoms with Crippen LogP contribution in [-0.2, 0) is 27.8 Å². The van der Waals surface area contributed by atoms with Gasteiger partial charge in [0.25, 0.3) is 0 Å². The Bertz CT molecular complexity index is 889. The second-order valence-electron chi connectivity index (χ2n) is 5.34. The number of nitrogens with zero attached hydrogens (tertiary/aromatic N) is 6. The molecule has 0 radical (unpaired) electrons. The summed E-state index contributed by atoms with van der Waals surface area (Å²) in [6.07, 6.45) is 4.77. The summed E-state index contributed by atoms with van der Waals surface area (Å²) in [7, 11) is -5.60. The van der Waals surface area contributed by atoms with Gasteiger partial charge in [-0.1, -0.05) is 6.07 Å². The number of rotatable bonds is 7. The smallest absolute Gasteiger partial charge is 0.790 e. The molecule has 3 rings (SSSR count). The van der Waals surface area contributed by atoms with Crippen LogP contribution < -0.4 is 68.9 Å². The maximum absolute atomic E-state index is 14.5. The van der Waals surface area contributed by atoms with E-state index in [4.69, 9.17) is 4.52 Å². The maximum Gasteiger partial charge on any atom is 1.00 e. The van der Waals surface area contributed by atoms with Crippen LogP contribution >= 0.6 is 7.82 Å². The van der Waals surface area contributed by atoms with Crippen LogP contribution in [-0.4, -0.2) is 29.5 Å². The van der Waals surface area contributed by atoms with Crippen LogP contribution in [0.15, 0.2) is 43.5 Å². The van der Waals surface area contributed by atoms with Gasteiger partial charge in [-0.25, -0.2) is 28.1 Å². The first-order valence-electron chi connectivity index (χ1n) is 7.11. The molecule has 0 atom stereocenters. The van der Waals surface area contributed by atoms with Crippen molar-refractivity contribution in [2.45, 2.75) is 18.7 Å². The van der Waals surface area contributed by atoms with Crippen LogP contribution in [0.3, 0.4) is 0 Å². The van der Waals surface area contributed by atoms with Gasteiger partial charge in [-0.3, -0.25) is 0 Å². The molecular weight excluding hydrogens is 419 g/mol. The van der Waals surface area contributed by atoms with Crippen molar-refractivity contribution in [2.24, 2.45) is 0 Å². The molecule has 0 bridgehead atoms. The van der Waals surface area contributed by atoms with Gasteiger partial charge in [0.05, 0.1) is 20.9 Å². The van der Waals surface area contributed by atoms with E-state index in [-0.39, 0.29) is 64.7 Å². The van der Waals surface area contributed by atoms with Crippen LogP contribution in [0.25, 0.3) is 0 Å². The minimum Gasteiger partial charge on any atom is -0.790 e. The maximum atomic E-state index is 14.5. The van der Waals surface area contributed by atoms with Crippen LogP contribution in [0.1, 0.15) is 5.56 Å². The third-order valence-electron chi connectivity index (χ3n) is 3.48. The fourth-order valence-electron chi connectivity index (χ4n) is 2.55. The molecule has 0 saturated heterocycles. The molecule has 0 aliphatic rings. The van der Waals surface area contributed by atoms with E-state index in [1.54, 1.807) is 0 Å². The van der Waals surface area contributed by atoms with Crippen molar-refractivity contribution in [2.75, 3.05) is 0 Å². The Labute approximate surface area is 202 Å². The number of phosphoric ester groups is 1. The van der Waals surface area contributed by atoms with Gasteiger partial charge in [-0.2, -0.15) is 10.2 Å². The molecular formula is C13H11F2N6Na2O4P. The summed E-state index contributed by atoms with van der Waals surface area (Å²) in [5, 5.41) is 7.65. The van der Waals surface area contributed by atoms with E-state index >= 15 is 0 Å². The predicted octanol–water partition coefficient (Wildman–Crippen LogP) is -6.40. The average molecular weight is 430 g/mol. The molecule has 0 aliphatic heterocycles. The minimum atomic E-state index is -5.60. The molecule has 1 aromatic carbocycles. The van der Waals surface area contributed by atoms with Crippen LogP contribution in [0, 0.1) is 11.6 Å².